The molecule has 5 nitrogen and oxygen atoms in total. The van der Waals surface area contributed by atoms with Crippen molar-refractivity contribution in [3.8, 4) is 0 Å². The molecular weight excluding hydrogens is 372 g/mol. The van der Waals surface area contributed by atoms with Crippen molar-refractivity contribution in [3.05, 3.63) is 33.8 Å². The lowest BCUT2D eigenvalue weighted by Gasteiger charge is -2.30. The molecule has 1 aromatic carbocycles. The van der Waals surface area contributed by atoms with Crippen LogP contribution in [-0.2, 0) is 14.0 Å². The molecule has 0 aromatic heterocycles. The van der Waals surface area contributed by atoms with Crippen molar-refractivity contribution in [2.24, 2.45) is 0 Å². The Labute approximate surface area is 154 Å². The van der Waals surface area contributed by atoms with Gasteiger partial charge in [0.15, 0.2) is 0 Å². The summed E-state index contributed by atoms with van der Waals surface area (Å²) in [4.78, 5) is 9.62. The van der Waals surface area contributed by atoms with E-state index in [1.54, 1.807) is 19.9 Å². The molecule has 0 spiro atoms. The smallest absolute Gasteiger partial charge is 0.246 e. The number of benzene rings is 1. The fraction of sp³-hybridized carbons (Fsp3) is 0.625. The third-order valence-corrected chi connectivity index (χ3v) is 5.59. The first-order valence-electron chi connectivity index (χ1n) is 8.06. The van der Waals surface area contributed by atoms with Crippen molar-refractivity contribution >= 4 is 31.2 Å². The van der Waals surface area contributed by atoms with Gasteiger partial charge in [-0.3, -0.25) is 4.57 Å². The fourth-order valence-corrected chi connectivity index (χ4v) is 3.65. The highest BCUT2D eigenvalue weighted by atomic mass is 35.5. The van der Waals surface area contributed by atoms with Crippen molar-refractivity contribution < 1.29 is 18.9 Å². The highest BCUT2D eigenvalue weighted by Crippen LogP contribution is 2.41. The van der Waals surface area contributed by atoms with Gasteiger partial charge in [-0.2, -0.15) is 0 Å². The van der Waals surface area contributed by atoms with Gasteiger partial charge in [0.25, 0.3) is 0 Å². The Morgan fingerprint density at radius 1 is 1.25 bits per heavy atom. The van der Waals surface area contributed by atoms with Crippen LogP contribution in [0.2, 0.25) is 10.0 Å². The third-order valence-electron chi connectivity index (χ3n) is 3.66. The Balaban J connectivity index is 2.55. The molecule has 0 radical (unpaired) electrons. The second-order valence-electron chi connectivity index (χ2n) is 5.38. The zero-order valence-electron chi connectivity index (χ0n) is 14.3. The summed E-state index contributed by atoms with van der Waals surface area (Å²) >= 11 is 12.0. The van der Waals surface area contributed by atoms with Gasteiger partial charge in [-0.25, -0.2) is 0 Å². The van der Waals surface area contributed by atoms with Crippen LogP contribution in [0.4, 0.5) is 0 Å². The Morgan fingerprint density at radius 2 is 1.88 bits per heavy atom. The molecule has 0 aliphatic rings. The summed E-state index contributed by atoms with van der Waals surface area (Å²) in [5.41, 5.74) is -0.358. The molecule has 0 saturated heterocycles. The van der Waals surface area contributed by atoms with Crippen LogP contribution in [0.3, 0.4) is 0 Å². The molecule has 0 amide bonds. The number of ether oxygens (including phenoxy) is 2. The molecule has 0 saturated carbocycles. The van der Waals surface area contributed by atoms with E-state index in [0.717, 1.165) is 5.56 Å². The predicted octanol–water partition coefficient (Wildman–Crippen LogP) is 4.62. The molecule has 0 bridgehead atoms. The average molecular weight is 398 g/mol. The van der Waals surface area contributed by atoms with E-state index >= 15 is 0 Å². The number of halogens is 2. The molecule has 0 aliphatic carbocycles. The van der Waals surface area contributed by atoms with Crippen LogP contribution in [0.15, 0.2) is 18.2 Å². The van der Waals surface area contributed by atoms with Crippen LogP contribution in [-0.4, -0.2) is 30.2 Å². The molecule has 0 fully saturated rings. The minimum Gasteiger partial charge on any atom is -0.343 e. The molecule has 0 heterocycles. The van der Waals surface area contributed by atoms with Gasteiger partial charge in [0, 0.05) is 25.7 Å². The first-order chi connectivity index (χ1) is 11.4. The van der Waals surface area contributed by atoms with E-state index in [9.17, 15) is 9.46 Å². The van der Waals surface area contributed by atoms with Gasteiger partial charge in [-0.15, -0.1) is 0 Å². The molecule has 24 heavy (non-hydrogen) atoms. The maximum Gasteiger partial charge on any atom is 0.246 e. The quantitative estimate of drug-likeness (QED) is 0.324. The predicted molar refractivity (Wildman–Crippen MR) is 99.3 cm³/mol. The molecule has 2 unspecified atom stereocenters. The minimum absolute atomic E-state index is 0.0829. The van der Waals surface area contributed by atoms with Crippen molar-refractivity contribution in [1.29, 1.82) is 0 Å². The maximum absolute atomic E-state index is 11.7. The highest BCUT2D eigenvalue weighted by Gasteiger charge is 2.37. The highest BCUT2D eigenvalue weighted by molar-refractivity contribution is 7.39. The molecular formula is C16H26Cl2NO4P. The molecule has 8 heteroatoms. The van der Waals surface area contributed by atoms with Crippen molar-refractivity contribution in [2.75, 3.05) is 19.8 Å². The van der Waals surface area contributed by atoms with Crippen LogP contribution in [0, 0.1) is 0 Å². The van der Waals surface area contributed by atoms with Crippen LogP contribution in [0.25, 0.3) is 0 Å². The van der Waals surface area contributed by atoms with E-state index in [2.05, 4.69) is 5.32 Å². The monoisotopic (exact) mass is 397 g/mol. The zero-order chi connectivity index (χ0) is 18.2. The summed E-state index contributed by atoms with van der Waals surface area (Å²) in [6, 6.07) is 5.60. The Morgan fingerprint density at radius 3 is 2.38 bits per heavy atom. The lowest BCUT2D eigenvalue weighted by atomic mass is 10.1. The lowest BCUT2D eigenvalue weighted by molar-refractivity contribution is -0.180. The summed E-state index contributed by atoms with van der Waals surface area (Å²) in [6.07, 6.45) is 0.993. The average Bonchev–Trinajstić information content (AvgIpc) is 2.54. The van der Waals surface area contributed by atoms with Gasteiger partial charge in [-0.1, -0.05) is 29.3 Å². The Bertz CT molecular complexity index is 539. The van der Waals surface area contributed by atoms with Crippen LogP contribution < -0.4 is 5.32 Å². The molecule has 0 aliphatic heterocycles. The largest absolute Gasteiger partial charge is 0.343 e. The van der Waals surface area contributed by atoms with Crippen LogP contribution >= 0.6 is 31.2 Å². The van der Waals surface area contributed by atoms with Gasteiger partial charge >= 0.3 is 0 Å². The van der Waals surface area contributed by atoms with E-state index in [4.69, 9.17) is 32.7 Å². The standard InChI is InChI=1S/C16H26Cl2NO4P/c1-4-22-16(23-5-2,24(20)21)9-6-10-19-12(3)13-7-8-14(17)15(18)11-13/h7-8,11-12,19,24H,4-6,9-10H2,1-3H3,(H,20,21). The summed E-state index contributed by atoms with van der Waals surface area (Å²) < 4.78 is 22.6. The van der Waals surface area contributed by atoms with Gasteiger partial charge in [0.05, 0.1) is 10.0 Å². The SMILES string of the molecule is CCOC(CCCNC(C)c1ccc(Cl)c(Cl)c1)(OCC)[PH](=O)O. The fourth-order valence-electron chi connectivity index (χ4n) is 2.42. The number of hydrogen-bond acceptors (Lipinski definition) is 4. The first-order valence-corrected chi connectivity index (χ1v) is 10.2. The van der Waals surface area contributed by atoms with Crippen molar-refractivity contribution in [3.63, 3.8) is 0 Å². The number of hydrogen-bond donors (Lipinski definition) is 2. The molecule has 2 N–H and O–H groups in total. The second kappa shape index (κ2) is 10.8. The van der Waals surface area contributed by atoms with E-state index < -0.39 is 13.6 Å². The zero-order valence-corrected chi connectivity index (χ0v) is 16.8. The third kappa shape index (κ3) is 6.30. The van der Waals surface area contributed by atoms with Gasteiger partial charge in [0.2, 0.25) is 13.6 Å². The maximum atomic E-state index is 11.7. The summed E-state index contributed by atoms with van der Waals surface area (Å²) in [6.45, 7) is 6.88. The summed E-state index contributed by atoms with van der Waals surface area (Å²) in [7, 11) is -2.97. The normalized spacial score (nSPS) is 14.6. The summed E-state index contributed by atoms with van der Waals surface area (Å²) in [5, 5.41) is 4.40. The van der Waals surface area contributed by atoms with E-state index in [-0.39, 0.29) is 6.04 Å². The van der Waals surface area contributed by atoms with E-state index in [0.29, 0.717) is 42.6 Å². The minimum atomic E-state index is -2.97. The van der Waals surface area contributed by atoms with Gasteiger partial charge in [0.1, 0.15) is 0 Å². The Kier molecular flexibility index (Phi) is 9.83. The lowest BCUT2D eigenvalue weighted by Crippen LogP contribution is -2.33. The van der Waals surface area contributed by atoms with E-state index in [1.165, 1.54) is 0 Å². The molecule has 2 atom stereocenters. The number of rotatable bonds is 11. The molecule has 1 rings (SSSR count). The van der Waals surface area contributed by atoms with Crippen LogP contribution in [0.5, 0.6) is 0 Å². The topological polar surface area (TPSA) is 67.8 Å². The molecule has 1 aromatic rings. The van der Waals surface area contributed by atoms with Crippen LogP contribution in [0.1, 0.15) is 45.2 Å². The van der Waals surface area contributed by atoms with Crippen molar-refractivity contribution in [1.82, 2.24) is 5.32 Å². The van der Waals surface area contributed by atoms with Gasteiger partial charge in [-0.05, 0) is 51.4 Å². The number of nitrogens with one attached hydrogen (secondary N) is 1. The summed E-state index contributed by atoms with van der Waals surface area (Å²) in [5.74, 6) is 0. The van der Waals surface area contributed by atoms with Gasteiger partial charge < -0.3 is 19.7 Å². The first kappa shape index (κ1) is 21.9. The van der Waals surface area contributed by atoms with E-state index in [1.807, 2.05) is 19.1 Å². The van der Waals surface area contributed by atoms with Crippen molar-refractivity contribution in [2.45, 2.75) is 45.2 Å². The second-order valence-corrected chi connectivity index (χ2v) is 7.56. The molecule has 138 valence electrons. The Hall–Kier alpha value is -0.130.